The predicted octanol–water partition coefficient (Wildman–Crippen LogP) is 2.73. The fraction of sp³-hybridized carbons (Fsp3) is 0.650. The molecule has 0 unspecified atom stereocenters. The molecular weight excluding hydrogens is 330 g/mol. The monoisotopic (exact) mass is 363 g/mol. The molecule has 0 saturated heterocycles. The number of rotatable bonds is 11. The van der Waals surface area contributed by atoms with E-state index >= 15 is 0 Å². The fourth-order valence-electron chi connectivity index (χ4n) is 2.98. The largest absolute Gasteiger partial charge is 0.490 e. The Morgan fingerprint density at radius 1 is 1.12 bits per heavy atom. The summed E-state index contributed by atoms with van der Waals surface area (Å²) in [5.74, 6) is 1.77. The Morgan fingerprint density at radius 3 is 2.69 bits per heavy atom. The number of aliphatic imine (C=N–C) groups is 1. The minimum absolute atomic E-state index is 0.367. The number of hydrogen-bond acceptors (Lipinski definition) is 4. The summed E-state index contributed by atoms with van der Waals surface area (Å²) in [5.41, 5.74) is 1.16. The number of benzene rings is 1. The van der Waals surface area contributed by atoms with Crippen molar-refractivity contribution in [3.8, 4) is 5.75 Å². The van der Waals surface area contributed by atoms with Crippen LogP contribution in [0.1, 0.15) is 37.7 Å². The second-order valence-electron chi connectivity index (χ2n) is 6.44. The number of nitrogens with zero attached hydrogens (tertiary/aromatic N) is 1. The molecule has 0 aromatic heterocycles. The molecule has 1 aromatic carbocycles. The molecule has 1 aliphatic carbocycles. The highest BCUT2D eigenvalue weighted by molar-refractivity contribution is 5.79. The van der Waals surface area contributed by atoms with Crippen LogP contribution in [0.15, 0.2) is 29.3 Å². The van der Waals surface area contributed by atoms with Gasteiger partial charge in [-0.1, -0.05) is 18.2 Å². The minimum atomic E-state index is 0.367. The number of methoxy groups -OCH3 is 1. The molecule has 2 N–H and O–H groups in total. The lowest BCUT2D eigenvalue weighted by molar-refractivity contribution is 0.0698. The first-order valence-electron chi connectivity index (χ1n) is 9.59. The van der Waals surface area contributed by atoms with Gasteiger partial charge in [-0.15, -0.1) is 0 Å². The zero-order valence-electron chi connectivity index (χ0n) is 16.1. The van der Waals surface area contributed by atoms with E-state index in [-0.39, 0.29) is 0 Å². The maximum absolute atomic E-state index is 6.19. The highest BCUT2D eigenvalue weighted by Gasteiger charge is 2.17. The molecule has 0 radical (unpaired) electrons. The fourth-order valence-corrected chi connectivity index (χ4v) is 2.98. The Labute approximate surface area is 157 Å². The van der Waals surface area contributed by atoms with Gasteiger partial charge in [0, 0.05) is 39.4 Å². The maximum atomic E-state index is 6.19. The van der Waals surface area contributed by atoms with Gasteiger partial charge in [0.05, 0.1) is 19.3 Å². The Hall–Kier alpha value is -1.79. The molecular formula is C20H33N3O3. The Morgan fingerprint density at radius 2 is 1.92 bits per heavy atom. The van der Waals surface area contributed by atoms with Crippen LogP contribution in [-0.2, 0) is 16.0 Å². The van der Waals surface area contributed by atoms with E-state index in [1.807, 2.05) is 12.1 Å². The van der Waals surface area contributed by atoms with Crippen LogP contribution in [0.3, 0.4) is 0 Å². The van der Waals surface area contributed by atoms with Gasteiger partial charge in [-0.2, -0.15) is 0 Å². The quantitative estimate of drug-likeness (QED) is 0.360. The van der Waals surface area contributed by atoms with Gasteiger partial charge in [0.15, 0.2) is 5.96 Å². The maximum Gasteiger partial charge on any atom is 0.191 e. The Bertz CT molecular complexity index is 531. The van der Waals surface area contributed by atoms with Crippen LogP contribution in [0.25, 0.3) is 0 Å². The Balaban J connectivity index is 1.70. The molecule has 0 atom stereocenters. The van der Waals surface area contributed by atoms with Gasteiger partial charge >= 0.3 is 0 Å². The zero-order valence-corrected chi connectivity index (χ0v) is 16.1. The number of nitrogens with one attached hydrogen (secondary N) is 2. The van der Waals surface area contributed by atoms with Crippen molar-refractivity contribution in [2.45, 2.75) is 44.8 Å². The highest BCUT2D eigenvalue weighted by Crippen LogP contribution is 2.26. The standard InChI is InChI=1S/C20H33N3O3/c1-21-20(22-12-7-13-25-15-14-24-2)23-16-17-8-3-6-11-19(17)26-18-9-4-5-10-18/h3,6,8,11,18H,4-5,7,9-10,12-16H2,1-2H3,(H2,21,22,23). The van der Waals surface area contributed by atoms with E-state index < -0.39 is 0 Å². The van der Waals surface area contributed by atoms with Crippen molar-refractivity contribution in [3.63, 3.8) is 0 Å². The second kappa shape index (κ2) is 12.5. The molecule has 1 aliphatic rings. The van der Waals surface area contributed by atoms with Gasteiger partial charge in [0.1, 0.15) is 5.75 Å². The zero-order chi connectivity index (χ0) is 18.5. The van der Waals surface area contributed by atoms with Gasteiger partial charge in [0.25, 0.3) is 0 Å². The lowest BCUT2D eigenvalue weighted by atomic mass is 10.2. The van der Waals surface area contributed by atoms with Crippen LogP contribution in [0.5, 0.6) is 5.75 Å². The summed E-state index contributed by atoms with van der Waals surface area (Å²) < 4.78 is 16.6. The number of guanidine groups is 1. The Kier molecular flexibility index (Phi) is 9.90. The summed E-state index contributed by atoms with van der Waals surface area (Å²) in [5, 5.41) is 6.67. The van der Waals surface area contributed by atoms with Gasteiger partial charge < -0.3 is 24.8 Å². The minimum Gasteiger partial charge on any atom is -0.490 e. The third-order valence-corrected chi connectivity index (χ3v) is 4.43. The molecule has 1 fully saturated rings. The van der Waals surface area contributed by atoms with Crippen LogP contribution in [-0.4, -0.2) is 52.6 Å². The van der Waals surface area contributed by atoms with Crippen molar-refractivity contribution in [1.29, 1.82) is 0 Å². The summed E-state index contributed by atoms with van der Waals surface area (Å²) in [6, 6.07) is 8.24. The summed E-state index contributed by atoms with van der Waals surface area (Å²) in [7, 11) is 3.46. The lowest BCUT2D eigenvalue weighted by Gasteiger charge is -2.18. The van der Waals surface area contributed by atoms with E-state index in [4.69, 9.17) is 14.2 Å². The van der Waals surface area contributed by atoms with Gasteiger partial charge in [-0.05, 0) is 38.2 Å². The molecule has 6 heteroatoms. The van der Waals surface area contributed by atoms with Crippen molar-refractivity contribution >= 4 is 5.96 Å². The first kappa shape index (κ1) is 20.5. The topological polar surface area (TPSA) is 64.1 Å². The number of ether oxygens (including phenoxy) is 3. The van der Waals surface area contributed by atoms with Gasteiger partial charge in [-0.3, -0.25) is 4.99 Å². The predicted molar refractivity (Wildman–Crippen MR) is 105 cm³/mol. The molecule has 0 spiro atoms. The van der Waals surface area contributed by atoms with Gasteiger partial charge in [0.2, 0.25) is 0 Å². The van der Waals surface area contributed by atoms with Crippen LogP contribution in [0, 0.1) is 0 Å². The van der Waals surface area contributed by atoms with Crippen LogP contribution < -0.4 is 15.4 Å². The molecule has 1 saturated carbocycles. The first-order valence-corrected chi connectivity index (χ1v) is 9.59. The third-order valence-electron chi connectivity index (χ3n) is 4.43. The van der Waals surface area contributed by atoms with Crippen molar-refractivity contribution in [3.05, 3.63) is 29.8 Å². The summed E-state index contributed by atoms with van der Waals surface area (Å²) >= 11 is 0. The molecule has 0 heterocycles. The summed E-state index contributed by atoms with van der Waals surface area (Å²) in [6.07, 6.45) is 6.17. The van der Waals surface area contributed by atoms with Crippen LogP contribution in [0.2, 0.25) is 0 Å². The van der Waals surface area contributed by atoms with Crippen LogP contribution >= 0.6 is 0 Å². The summed E-state index contributed by atoms with van der Waals surface area (Å²) in [4.78, 5) is 4.28. The van der Waals surface area contributed by atoms with E-state index in [0.717, 1.165) is 43.1 Å². The molecule has 1 aromatic rings. The van der Waals surface area contributed by atoms with Crippen molar-refractivity contribution in [2.75, 3.05) is 40.5 Å². The average molecular weight is 364 g/mol. The van der Waals surface area contributed by atoms with E-state index in [9.17, 15) is 0 Å². The van der Waals surface area contributed by atoms with Crippen molar-refractivity contribution in [1.82, 2.24) is 10.6 Å². The van der Waals surface area contributed by atoms with Gasteiger partial charge in [-0.25, -0.2) is 0 Å². The third kappa shape index (κ3) is 7.62. The van der Waals surface area contributed by atoms with E-state index in [2.05, 4.69) is 27.8 Å². The second-order valence-corrected chi connectivity index (χ2v) is 6.44. The molecule has 0 aliphatic heterocycles. The van der Waals surface area contributed by atoms with E-state index in [1.165, 1.54) is 12.8 Å². The lowest BCUT2D eigenvalue weighted by Crippen LogP contribution is -2.37. The molecule has 2 rings (SSSR count). The first-order chi connectivity index (χ1) is 12.8. The molecule has 26 heavy (non-hydrogen) atoms. The number of para-hydroxylation sites is 1. The van der Waals surface area contributed by atoms with E-state index in [0.29, 0.717) is 32.5 Å². The summed E-state index contributed by atoms with van der Waals surface area (Å²) in [6.45, 7) is 3.49. The average Bonchev–Trinajstić information content (AvgIpc) is 3.17. The van der Waals surface area contributed by atoms with Crippen molar-refractivity contribution in [2.24, 2.45) is 4.99 Å². The molecule has 6 nitrogen and oxygen atoms in total. The molecule has 0 amide bonds. The molecule has 146 valence electrons. The van der Waals surface area contributed by atoms with E-state index in [1.54, 1.807) is 14.2 Å². The van der Waals surface area contributed by atoms with Crippen LogP contribution in [0.4, 0.5) is 0 Å². The normalized spacial score (nSPS) is 15.2. The number of hydrogen-bond donors (Lipinski definition) is 2. The SMILES string of the molecule is CN=C(NCCCOCCOC)NCc1ccccc1OC1CCCC1. The highest BCUT2D eigenvalue weighted by atomic mass is 16.5. The smallest absolute Gasteiger partial charge is 0.191 e. The molecule has 0 bridgehead atoms. The van der Waals surface area contributed by atoms with Crippen molar-refractivity contribution < 1.29 is 14.2 Å².